The Labute approximate surface area is 133 Å². The summed E-state index contributed by atoms with van der Waals surface area (Å²) in [6.07, 6.45) is 0.953. The predicted molar refractivity (Wildman–Crippen MR) is 90.0 cm³/mol. The Morgan fingerprint density at radius 2 is 2.14 bits per heavy atom. The molecular formula is C17H16N4S. The number of rotatable bonds is 4. The third-order valence-corrected chi connectivity index (χ3v) is 4.53. The normalized spacial score (nSPS) is 12.0. The van der Waals surface area contributed by atoms with Crippen molar-refractivity contribution >= 4 is 27.9 Å². The van der Waals surface area contributed by atoms with E-state index in [1.165, 1.54) is 0 Å². The molecule has 1 N–H and O–H groups in total. The van der Waals surface area contributed by atoms with Crippen molar-refractivity contribution in [3.05, 3.63) is 52.1 Å². The van der Waals surface area contributed by atoms with E-state index in [0.717, 1.165) is 33.7 Å². The molecule has 3 aromatic rings. The van der Waals surface area contributed by atoms with Crippen LogP contribution in [0.4, 0.5) is 5.69 Å². The Bertz CT molecular complexity index is 847. The lowest BCUT2D eigenvalue weighted by Gasteiger charge is -2.15. The molecule has 0 saturated carbocycles. The molecule has 4 nitrogen and oxygen atoms in total. The zero-order valence-corrected chi connectivity index (χ0v) is 13.3. The lowest BCUT2D eigenvalue weighted by Crippen LogP contribution is -2.08. The molecule has 2 aromatic heterocycles. The molecule has 110 valence electrons. The van der Waals surface area contributed by atoms with Gasteiger partial charge in [0.25, 0.3) is 0 Å². The third-order valence-electron chi connectivity index (χ3n) is 3.52. The van der Waals surface area contributed by atoms with Crippen molar-refractivity contribution in [2.45, 2.75) is 26.3 Å². The second-order valence-electron chi connectivity index (χ2n) is 5.07. The van der Waals surface area contributed by atoms with Crippen LogP contribution in [0.25, 0.3) is 10.9 Å². The summed E-state index contributed by atoms with van der Waals surface area (Å²) >= 11 is 1.68. The van der Waals surface area contributed by atoms with E-state index in [1.807, 2.05) is 24.3 Å². The first-order chi connectivity index (χ1) is 10.7. The highest BCUT2D eigenvalue weighted by molar-refractivity contribution is 7.09. The van der Waals surface area contributed by atoms with Gasteiger partial charge in [-0.2, -0.15) is 5.26 Å². The van der Waals surface area contributed by atoms with Gasteiger partial charge in [-0.25, -0.2) is 9.97 Å². The van der Waals surface area contributed by atoms with Gasteiger partial charge in [0.1, 0.15) is 11.8 Å². The van der Waals surface area contributed by atoms with Gasteiger partial charge in [0, 0.05) is 16.5 Å². The topological polar surface area (TPSA) is 61.6 Å². The first-order valence-corrected chi connectivity index (χ1v) is 8.10. The van der Waals surface area contributed by atoms with Crippen molar-refractivity contribution in [2.24, 2.45) is 0 Å². The number of benzene rings is 1. The Kier molecular flexibility index (Phi) is 4.03. The molecule has 0 aliphatic heterocycles. The second-order valence-corrected chi connectivity index (χ2v) is 6.01. The molecule has 0 bridgehead atoms. The molecule has 5 heteroatoms. The number of anilines is 1. The summed E-state index contributed by atoms with van der Waals surface area (Å²) in [5, 5.41) is 16.9. The van der Waals surface area contributed by atoms with Crippen LogP contribution in [0.1, 0.15) is 36.3 Å². The van der Waals surface area contributed by atoms with E-state index >= 15 is 0 Å². The van der Waals surface area contributed by atoms with Gasteiger partial charge in [-0.15, -0.1) is 11.3 Å². The maximum atomic E-state index is 9.16. The number of aromatic nitrogens is 2. The molecule has 2 heterocycles. The molecule has 0 amide bonds. The summed E-state index contributed by atoms with van der Waals surface area (Å²) in [5.74, 6) is 0. The Morgan fingerprint density at radius 1 is 1.32 bits per heavy atom. The highest BCUT2D eigenvalue weighted by atomic mass is 32.1. The summed E-state index contributed by atoms with van der Waals surface area (Å²) in [4.78, 5) is 8.96. The van der Waals surface area contributed by atoms with Crippen LogP contribution in [-0.2, 0) is 6.42 Å². The zero-order chi connectivity index (χ0) is 15.5. The average Bonchev–Trinajstić information content (AvgIpc) is 3.04. The van der Waals surface area contributed by atoms with Crippen LogP contribution in [-0.4, -0.2) is 9.97 Å². The number of thiazole rings is 1. The van der Waals surface area contributed by atoms with E-state index in [0.29, 0.717) is 5.69 Å². The molecule has 0 saturated heterocycles. The number of para-hydroxylation sites is 1. The van der Waals surface area contributed by atoms with Gasteiger partial charge in [0.05, 0.1) is 22.3 Å². The van der Waals surface area contributed by atoms with Gasteiger partial charge in [-0.1, -0.05) is 25.1 Å². The van der Waals surface area contributed by atoms with E-state index < -0.39 is 0 Å². The number of pyridine rings is 1. The fraction of sp³-hybridized carbons (Fsp3) is 0.235. The van der Waals surface area contributed by atoms with E-state index in [9.17, 15) is 0 Å². The van der Waals surface area contributed by atoms with Gasteiger partial charge in [-0.3, -0.25) is 0 Å². The largest absolute Gasteiger partial charge is 0.376 e. The first kappa shape index (κ1) is 14.5. The number of nitrogens with one attached hydrogen (secondary N) is 1. The minimum absolute atomic E-state index is 0.0777. The average molecular weight is 308 g/mol. The fourth-order valence-electron chi connectivity index (χ4n) is 2.35. The number of nitriles is 1. The minimum Gasteiger partial charge on any atom is -0.376 e. The van der Waals surface area contributed by atoms with Crippen molar-refractivity contribution in [3.63, 3.8) is 0 Å². The quantitative estimate of drug-likeness (QED) is 0.780. The number of fused-ring (bicyclic) bond motifs is 1. The fourth-order valence-corrected chi connectivity index (χ4v) is 3.18. The molecule has 0 aliphatic carbocycles. The van der Waals surface area contributed by atoms with Crippen LogP contribution in [0, 0.1) is 11.3 Å². The van der Waals surface area contributed by atoms with Crippen molar-refractivity contribution in [2.75, 3.05) is 5.32 Å². The Morgan fingerprint density at radius 3 is 2.86 bits per heavy atom. The maximum absolute atomic E-state index is 9.16. The minimum atomic E-state index is 0.0777. The van der Waals surface area contributed by atoms with Crippen LogP contribution in [0.5, 0.6) is 0 Å². The van der Waals surface area contributed by atoms with E-state index in [4.69, 9.17) is 5.26 Å². The molecule has 3 rings (SSSR count). The van der Waals surface area contributed by atoms with Crippen LogP contribution in [0.2, 0.25) is 0 Å². The zero-order valence-electron chi connectivity index (χ0n) is 12.5. The van der Waals surface area contributed by atoms with Crippen molar-refractivity contribution < 1.29 is 0 Å². The van der Waals surface area contributed by atoms with E-state index in [2.05, 4.69) is 40.6 Å². The summed E-state index contributed by atoms with van der Waals surface area (Å²) in [5.41, 5.74) is 3.19. The van der Waals surface area contributed by atoms with Crippen LogP contribution < -0.4 is 5.32 Å². The molecule has 0 radical (unpaired) electrons. The molecular weight excluding hydrogens is 292 g/mol. The maximum Gasteiger partial charge on any atom is 0.143 e. The van der Waals surface area contributed by atoms with Gasteiger partial charge < -0.3 is 5.32 Å². The molecule has 1 unspecified atom stereocenters. The van der Waals surface area contributed by atoms with E-state index in [1.54, 1.807) is 17.4 Å². The molecule has 1 atom stereocenters. The molecule has 0 aliphatic rings. The van der Waals surface area contributed by atoms with Gasteiger partial charge in [0.15, 0.2) is 0 Å². The summed E-state index contributed by atoms with van der Waals surface area (Å²) in [7, 11) is 0. The first-order valence-electron chi connectivity index (χ1n) is 7.22. The van der Waals surface area contributed by atoms with Gasteiger partial charge in [0.2, 0.25) is 0 Å². The third kappa shape index (κ3) is 2.78. The van der Waals surface area contributed by atoms with Gasteiger partial charge >= 0.3 is 0 Å². The monoisotopic (exact) mass is 308 g/mol. The molecule has 0 fully saturated rings. The summed E-state index contributed by atoms with van der Waals surface area (Å²) in [6.45, 7) is 4.19. The lowest BCUT2D eigenvalue weighted by molar-refractivity contribution is 0.840. The standard InChI is InChI=1S/C17H16N4S/c1-3-17-21-16(10-22-17)11(2)19-15-8-12(9-18)20-14-7-5-4-6-13(14)15/h4-8,10-11H,3H2,1-2H3,(H,19,20). The SMILES string of the molecule is CCc1nc(C(C)Nc2cc(C#N)nc3ccccc23)cs1. The van der Waals surface area contributed by atoms with E-state index in [-0.39, 0.29) is 6.04 Å². The van der Waals surface area contributed by atoms with Crippen LogP contribution in [0.15, 0.2) is 35.7 Å². The molecule has 0 spiro atoms. The highest BCUT2D eigenvalue weighted by Gasteiger charge is 2.12. The predicted octanol–water partition coefficient (Wildman–Crippen LogP) is 4.30. The Hall–Kier alpha value is -2.45. The number of aryl methyl sites for hydroxylation is 1. The number of hydrogen-bond donors (Lipinski definition) is 1. The number of nitrogens with zero attached hydrogens (tertiary/aromatic N) is 3. The van der Waals surface area contributed by atoms with Crippen molar-refractivity contribution in [3.8, 4) is 6.07 Å². The summed E-state index contributed by atoms with van der Waals surface area (Å²) in [6, 6.07) is 11.8. The van der Waals surface area contributed by atoms with Crippen molar-refractivity contribution in [1.82, 2.24) is 9.97 Å². The van der Waals surface area contributed by atoms with Crippen LogP contribution in [0.3, 0.4) is 0 Å². The smallest absolute Gasteiger partial charge is 0.143 e. The van der Waals surface area contributed by atoms with Gasteiger partial charge in [-0.05, 0) is 25.5 Å². The summed E-state index contributed by atoms with van der Waals surface area (Å²) < 4.78 is 0. The molecule has 22 heavy (non-hydrogen) atoms. The molecule has 1 aromatic carbocycles. The number of hydrogen-bond acceptors (Lipinski definition) is 5. The Balaban J connectivity index is 1.97. The second kappa shape index (κ2) is 6.12. The highest BCUT2D eigenvalue weighted by Crippen LogP contribution is 2.27. The lowest BCUT2D eigenvalue weighted by atomic mass is 10.1. The van der Waals surface area contributed by atoms with Crippen molar-refractivity contribution in [1.29, 1.82) is 5.26 Å². The van der Waals surface area contributed by atoms with Crippen LogP contribution >= 0.6 is 11.3 Å².